The van der Waals surface area contributed by atoms with Gasteiger partial charge in [-0.05, 0) is 29.3 Å². The van der Waals surface area contributed by atoms with Crippen LogP contribution in [0.5, 0.6) is 0 Å². The van der Waals surface area contributed by atoms with Gasteiger partial charge in [-0.15, -0.1) is 10.2 Å². The summed E-state index contributed by atoms with van der Waals surface area (Å²) in [5.41, 5.74) is 1.41. The number of carbonyl (C=O) groups is 1. The second-order valence-electron chi connectivity index (χ2n) is 4.63. The van der Waals surface area contributed by atoms with E-state index in [1.165, 1.54) is 24.7 Å². The number of benzene rings is 1. The Morgan fingerprint density at radius 2 is 2.14 bits per heavy atom. The number of carbonyl (C=O) groups excluding carboxylic acids is 1. The van der Waals surface area contributed by atoms with Crippen molar-refractivity contribution < 1.29 is 13.6 Å². The third-order valence-corrected chi connectivity index (χ3v) is 3.07. The molecule has 3 rings (SSSR count). The minimum absolute atomic E-state index is 0.159. The van der Waals surface area contributed by atoms with Gasteiger partial charge < -0.3 is 9.73 Å². The molecule has 0 aliphatic heterocycles. The monoisotopic (exact) mass is 301 g/mol. The molecule has 0 fully saturated rings. The SMILES string of the molecule is O=C(Cc1ccoc1)NC(c1ccc(F)cc1)c1nn[nH]n1. The Labute approximate surface area is 124 Å². The summed E-state index contributed by atoms with van der Waals surface area (Å²) in [4.78, 5) is 12.1. The molecule has 1 amide bonds. The van der Waals surface area contributed by atoms with Crippen LogP contribution in [0.15, 0.2) is 47.3 Å². The molecule has 3 aromatic rings. The van der Waals surface area contributed by atoms with Crippen LogP contribution in [-0.2, 0) is 11.2 Å². The van der Waals surface area contributed by atoms with E-state index in [1.807, 2.05) is 0 Å². The Morgan fingerprint density at radius 3 is 2.77 bits per heavy atom. The van der Waals surface area contributed by atoms with Crippen LogP contribution in [0, 0.1) is 5.82 Å². The quantitative estimate of drug-likeness (QED) is 0.742. The van der Waals surface area contributed by atoms with Gasteiger partial charge in [0.05, 0.1) is 18.9 Å². The number of halogens is 1. The lowest BCUT2D eigenvalue weighted by molar-refractivity contribution is -0.121. The van der Waals surface area contributed by atoms with Gasteiger partial charge in [-0.2, -0.15) is 5.21 Å². The van der Waals surface area contributed by atoms with Crippen molar-refractivity contribution >= 4 is 5.91 Å². The maximum Gasteiger partial charge on any atom is 0.225 e. The smallest absolute Gasteiger partial charge is 0.225 e. The molecule has 8 heteroatoms. The lowest BCUT2D eigenvalue weighted by Gasteiger charge is -2.15. The molecule has 7 nitrogen and oxygen atoms in total. The molecule has 2 heterocycles. The zero-order chi connectivity index (χ0) is 15.4. The molecule has 1 unspecified atom stereocenters. The first-order valence-corrected chi connectivity index (χ1v) is 6.51. The van der Waals surface area contributed by atoms with E-state index in [2.05, 4.69) is 25.9 Å². The van der Waals surface area contributed by atoms with Crippen LogP contribution < -0.4 is 5.32 Å². The van der Waals surface area contributed by atoms with E-state index in [-0.39, 0.29) is 18.1 Å². The molecule has 1 atom stereocenters. The summed E-state index contributed by atoms with van der Waals surface area (Å²) in [6.45, 7) is 0. The highest BCUT2D eigenvalue weighted by atomic mass is 19.1. The Hall–Kier alpha value is -3.03. The average molecular weight is 301 g/mol. The second kappa shape index (κ2) is 6.17. The van der Waals surface area contributed by atoms with Gasteiger partial charge in [-0.25, -0.2) is 4.39 Å². The van der Waals surface area contributed by atoms with E-state index in [4.69, 9.17) is 4.42 Å². The maximum absolute atomic E-state index is 13.1. The standard InChI is InChI=1S/C14H12FN5O2/c15-11-3-1-10(2-4-11)13(14-17-19-20-18-14)16-12(21)7-9-5-6-22-8-9/h1-6,8,13H,7H2,(H,16,21)(H,17,18,19,20). The number of nitrogens with one attached hydrogen (secondary N) is 2. The molecule has 0 aliphatic carbocycles. The minimum atomic E-state index is -0.612. The molecule has 1 aromatic carbocycles. The van der Waals surface area contributed by atoms with E-state index in [0.29, 0.717) is 11.4 Å². The van der Waals surface area contributed by atoms with Crippen LogP contribution in [-0.4, -0.2) is 26.5 Å². The fraction of sp³-hybridized carbons (Fsp3) is 0.143. The highest BCUT2D eigenvalue weighted by Gasteiger charge is 2.21. The lowest BCUT2D eigenvalue weighted by Crippen LogP contribution is -2.31. The molecule has 2 aromatic heterocycles. The summed E-state index contributed by atoms with van der Waals surface area (Å²) >= 11 is 0. The van der Waals surface area contributed by atoms with Gasteiger partial charge in [0.15, 0.2) is 0 Å². The summed E-state index contributed by atoms with van der Waals surface area (Å²) in [6, 6.07) is 6.85. The molecule has 0 radical (unpaired) electrons. The number of aromatic nitrogens is 4. The third-order valence-electron chi connectivity index (χ3n) is 3.07. The number of tetrazole rings is 1. The first-order valence-electron chi connectivity index (χ1n) is 6.51. The Morgan fingerprint density at radius 1 is 1.32 bits per heavy atom. The van der Waals surface area contributed by atoms with Gasteiger partial charge in [0.1, 0.15) is 11.9 Å². The minimum Gasteiger partial charge on any atom is -0.472 e. The number of hydrogen-bond donors (Lipinski definition) is 2. The van der Waals surface area contributed by atoms with Gasteiger partial charge in [0, 0.05) is 0 Å². The van der Waals surface area contributed by atoms with Crippen molar-refractivity contribution in [2.45, 2.75) is 12.5 Å². The molecule has 0 saturated heterocycles. The van der Waals surface area contributed by atoms with Gasteiger partial charge in [-0.3, -0.25) is 4.79 Å². The van der Waals surface area contributed by atoms with E-state index in [1.54, 1.807) is 18.2 Å². The van der Waals surface area contributed by atoms with Crippen molar-refractivity contribution in [3.63, 3.8) is 0 Å². The van der Waals surface area contributed by atoms with E-state index >= 15 is 0 Å². The first-order chi connectivity index (χ1) is 10.7. The number of nitrogens with zero attached hydrogens (tertiary/aromatic N) is 3. The third kappa shape index (κ3) is 3.17. The maximum atomic E-state index is 13.1. The summed E-state index contributed by atoms with van der Waals surface area (Å²) in [7, 11) is 0. The van der Waals surface area contributed by atoms with Crippen molar-refractivity contribution in [1.82, 2.24) is 25.9 Å². The first kappa shape index (κ1) is 13.9. The summed E-state index contributed by atoms with van der Waals surface area (Å²) < 4.78 is 18.0. The van der Waals surface area contributed by atoms with Gasteiger partial charge >= 0.3 is 0 Å². The van der Waals surface area contributed by atoms with Crippen LogP contribution in [0.3, 0.4) is 0 Å². The van der Waals surface area contributed by atoms with Gasteiger partial charge in [0.25, 0.3) is 0 Å². The lowest BCUT2D eigenvalue weighted by atomic mass is 10.1. The fourth-order valence-corrected chi connectivity index (χ4v) is 2.03. The molecule has 2 N–H and O–H groups in total. The second-order valence-corrected chi connectivity index (χ2v) is 4.63. The number of amides is 1. The zero-order valence-corrected chi connectivity index (χ0v) is 11.4. The molecule has 0 saturated carbocycles. The molecule has 0 spiro atoms. The summed E-state index contributed by atoms with van der Waals surface area (Å²) in [5.74, 6) is -0.298. The Bertz CT molecular complexity index is 725. The summed E-state index contributed by atoms with van der Waals surface area (Å²) in [6.07, 6.45) is 3.16. The number of H-pyrrole nitrogens is 1. The average Bonchev–Trinajstić information content (AvgIpc) is 3.19. The topological polar surface area (TPSA) is 96.7 Å². The van der Waals surface area contributed by atoms with E-state index in [9.17, 15) is 9.18 Å². The van der Waals surface area contributed by atoms with Crippen molar-refractivity contribution in [2.75, 3.05) is 0 Å². The molecule has 0 aliphatic rings. The normalized spacial score (nSPS) is 12.0. The largest absolute Gasteiger partial charge is 0.472 e. The number of hydrogen-bond acceptors (Lipinski definition) is 5. The molecular weight excluding hydrogens is 289 g/mol. The number of aromatic amines is 1. The zero-order valence-electron chi connectivity index (χ0n) is 11.4. The van der Waals surface area contributed by atoms with Crippen LogP contribution in [0.2, 0.25) is 0 Å². The van der Waals surface area contributed by atoms with Crippen molar-refractivity contribution in [2.24, 2.45) is 0 Å². The predicted molar refractivity (Wildman–Crippen MR) is 73.0 cm³/mol. The highest BCUT2D eigenvalue weighted by Crippen LogP contribution is 2.19. The number of rotatable bonds is 5. The number of furan rings is 1. The van der Waals surface area contributed by atoms with Crippen LogP contribution in [0.4, 0.5) is 4.39 Å². The van der Waals surface area contributed by atoms with E-state index in [0.717, 1.165) is 5.56 Å². The van der Waals surface area contributed by atoms with Crippen LogP contribution in [0.1, 0.15) is 23.0 Å². The van der Waals surface area contributed by atoms with Crippen molar-refractivity contribution in [3.8, 4) is 0 Å². The van der Waals surface area contributed by atoms with Gasteiger partial charge in [0.2, 0.25) is 11.7 Å². The molecule has 0 bridgehead atoms. The van der Waals surface area contributed by atoms with E-state index < -0.39 is 6.04 Å². The van der Waals surface area contributed by atoms with Crippen molar-refractivity contribution in [1.29, 1.82) is 0 Å². The van der Waals surface area contributed by atoms with Crippen LogP contribution >= 0.6 is 0 Å². The highest BCUT2D eigenvalue weighted by molar-refractivity contribution is 5.79. The molecule has 22 heavy (non-hydrogen) atoms. The molecule has 112 valence electrons. The van der Waals surface area contributed by atoms with Crippen molar-refractivity contribution in [3.05, 3.63) is 65.6 Å². The Kier molecular flexibility index (Phi) is 3.90. The fourth-order valence-electron chi connectivity index (χ4n) is 2.03. The summed E-state index contributed by atoms with van der Waals surface area (Å²) in [5, 5.41) is 16.4. The molecular formula is C14H12FN5O2. The van der Waals surface area contributed by atoms with Crippen LogP contribution in [0.25, 0.3) is 0 Å². The Balaban J connectivity index is 1.80. The van der Waals surface area contributed by atoms with Gasteiger partial charge in [-0.1, -0.05) is 17.3 Å². The predicted octanol–water partition coefficient (Wildman–Crippen LogP) is 1.38.